The van der Waals surface area contributed by atoms with E-state index in [1.165, 1.54) is 44.9 Å². The lowest BCUT2D eigenvalue weighted by Gasteiger charge is -2.42. The second kappa shape index (κ2) is 10.8. The van der Waals surface area contributed by atoms with E-state index in [1.54, 1.807) is 0 Å². The summed E-state index contributed by atoms with van der Waals surface area (Å²) >= 11 is 0. The topological polar surface area (TPSA) is 9.23 Å². The van der Waals surface area contributed by atoms with E-state index >= 15 is 0 Å². The number of hydrogen-bond donors (Lipinski definition) is 0. The SMILES string of the molecule is CCCCCCCCCO[Si](C(C)C)(C(C)C)C(C)C. The van der Waals surface area contributed by atoms with Crippen LogP contribution < -0.4 is 0 Å². The maximum Gasteiger partial charge on any atom is 0.200 e. The molecule has 0 aromatic carbocycles. The molecule has 0 fully saturated rings. The number of rotatable bonds is 12. The summed E-state index contributed by atoms with van der Waals surface area (Å²) in [6.07, 6.45) is 9.57. The number of hydrogen-bond acceptors (Lipinski definition) is 1. The Labute approximate surface area is 130 Å². The van der Waals surface area contributed by atoms with Crippen LogP contribution >= 0.6 is 0 Å². The fraction of sp³-hybridized carbons (Fsp3) is 1.00. The maximum absolute atomic E-state index is 6.58. The van der Waals surface area contributed by atoms with E-state index in [9.17, 15) is 0 Å². The third-order valence-electron chi connectivity index (χ3n) is 4.81. The summed E-state index contributed by atoms with van der Waals surface area (Å²) in [5.41, 5.74) is 2.14. The zero-order valence-corrected chi connectivity index (χ0v) is 16.3. The molecule has 1 nitrogen and oxygen atoms in total. The molecule has 0 aliphatic rings. The minimum Gasteiger partial charge on any atom is -0.416 e. The van der Waals surface area contributed by atoms with Gasteiger partial charge in [0.05, 0.1) is 0 Å². The second-order valence-corrected chi connectivity index (χ2v) is 12.7. The molecule has 0 aromatic heterocycles. The van der Waals surface area contributed by atoms with Gasteiger partial charge in [-0.2, -0.15) is 0 Å². The van der Waals surface area contributed by atoms with Crippen molar-refractivity contribution in [1.82, 2.24) is 0 Å². The Kier molecular flexibility index (Phi) is 10.9. The molecular weight excluding hydrogens is 260 g/mol. The van der Waals surface area contributed by atoms with Crippen LogP contribution in [0, 0.1) is 0 Å². The van der Waals surface area contributed by atoms with E-state index < -0.39 is 8.32 Å². The first-order valence-corrected chi connectivity index (χ1v) is 11.2. The van der Waals surface area contributed by atoms with Gasteiger partial charge in [-0.15, -0.1) is 0 Å². The fourth-order valence-electron chi connectivity index (χ4n) is 3.81. The van der Waals surface area contributed by atoms with E-state index in [2.05, 4.69) is 48.5 Å². The summed E-state index contributed by atoms with van der Waals surface area (Å²) in [6, 6.07) is 0. The molecule has 0 radical (unpaired) electrons. The minimum atomic E-state index is -1.61. The van der Waals surface area contributed by atoms with Crippen molar-refractivity contribution < 1.29 is 4.43 Å². The molecule has 0 rings (SSSR count). The van der Waals surface area contributed by atoms with E-state index in [-0.39, 0.29) is 0 Å². The lowest BCUT2D eigenvalue weighted by atomic mass is 10.1. The highest BCUT2D eigenvalue weighted by Crippen LogP contribution is 2.42. The zero-order valence-electron chi connectivity index (χ0n) is 15.3. The quantitative estimate of drug-likeness (QED) is 0.280. The molecule has 122 valence electrons. The van der Waals surface area contributed by atoms with Gasteiger partial charge in [-0.3, -0.25) is 0 Å². The minimum absolute atomic E-state index is 0.715. The van der Waals surface area contributed by atoms with Crippen molar-refractivity contribution >= 4 is 8.32 Å². The molecule has 2 heteroatoms. The monoisotopic (exact) mass is 300 g/mol. The first-order chi connectivity index (χ1) is 9.39. The number of unbranched alkanes of at least 4 members (excludes halogenated alkanes) is 6. The average molecular weight is 301 g/mol. The zero-order chi connectivity index (χ0) is 15.6. The Morgan fingerprint density at radius 1 is 0.650 bits per heavy atom. The molecule has 0 atom stereocenters. The molecule has 0 aliphatic carbocycles. The highest BCUT2D eigenvalue weighted by Gasteiger charge is 2.44. The smallest absolute Gasteiger partial charge is 0.200 e. The molecule has 0 amide bonds. The standard InChI is InChI=1S/C18H40OSi/c1-8-9-10-11-12-13-14-15-19-20(16(2)3,17(4)5)18(6)7/h16-18H,8-15H2,1-7H3. The highest BCUT2D eigenvalue weighted by molar-refractivity contribution is 6.77. The van der Waals surface area contributed by atoms with E-state index in [0.717, 1.165) is 6.61 Å². The first-order valence-electron chi connectivity index (χ1n) is 9.03. The molecule has 0 bridgehead atoms. The molecule has 0 spiro atoms. The van der Waals surface area contributed by atoms with Crippen molar-refractivity contribution in [3.63, 3.8) is 0 Å². The van der Waals surface area contributed by atoms with E-state index in [4.69, 9.17) is 4.43 Å². The van der Waals surface area contributed by atoms with Crippen LogP contribution in [0.3, 0.4) is 0 Å². The Hall–Kier alpha value is 0.177. The summed E-state index contributed by atoms with van der Waals surface area (Å²) in [5.74, 6) is 0. The van der Waals surface area contributed by atoms with Crippen LogP contribution in [-0.2, 0) is 4.43 Å². The van der Waals surface area contributed by atoms with Crippen LogP contribution in [0.1, 0.15) is 93.4 Å². The van der Waals surface area contributed by atoms with Gasteiger partial charge in [-0.1, -0.05) is 87.0 Å². The van der Waals surface area contributed by atoms with Crippen molar-refractivity contribution in [2.24, 2.45) is 0 Å². The van der Waals surface area contributed by atoms with Crippen LogP contribution in [-0.4, -0.2) is 14.9 Å². The predicted molar refractivity (Wildman–Crippen MR) is 95.0 cm³/mol. The normalized spacial score (nSPS) is 12.9. The largest absolute Gasteiger partial charge is 0.416 e. The molecule has 0 aromatic rings. The molecule has 0 aliphatic heterocycles. The fourth-order valence-corrected chi connectivity index (χ4v) is 9.31. The lowest BCUT2D eigenvalue weighted by Crippen LogP contribution is -2.47. The molecule has 0 unspecified atom stereocenters. The van der Waals surface area contributed by atoms with Crippen LogP contribution in [0.2, 0.25) is 16.6 Å². The van der Waals surface area contributed by atoms with Gasteiger partial charge in [0.1, 0.15) is 0 Å². The molecule has 0 N–H and O–H groups in total. The van der Waals surface area contributed by atoms with Gasteiger partial charge >= 0.3 is 0 Å². The Morgan fingerprint density at radius 2 is 1.05 bits per heavy atom. The van der Waals surface area contributed by atoms with E-state index in [0.29, 0.717) is 16.6 Å². The molecule has 0 heterocycles. The van der Waals surface area contributed by atoms with Gasteiger partial charge in [0, 0.05) is 6.61 Å². The predicted octanol–water partition coefficient (Wildman–Crippen LogP) is 6.93. The Morgan fingerprint density at radius 3 is 1.45 bits per heavy atom. The summed E-state index contributed by atoms with van der Waals surface area (Å²) in [6.45, 7) is 17.5. The molecule has 20 heavy (non-hydrogen) atoms. The lowest BCUT2D eigenvalue weighted by molar-refractivity contribution is 0.267. The van der Waals surface area contributed by atoms with Gasteiger partial charge in [0.25, 0.3) is 0 Å². The Balaban J connectivity index is 4.04. The Bertz CT molecular complexity index is 202. The van der Waals surface area contributed by atoms with Crippen LogP contribution in [0.15, 0.2) is 0 Å². The van der Waals surface area contributed by atoms with Crippen molar-refractivity contribution in [3.05, 3.63) is 0 Å². The van der Waals surface area contributed by atoms with Gasteiger partial charge in [0.2, 0.25) is 0 Å². The van der Waals surface area contributed by atoms with Crippen molar-refractivity contribution in [2.75, 3.05) is 6.61 Å². The summed E-state index contributed by atoms with van der Waals surface area (Å²) < 4.78 is 6.58. The highest BCUT2D eigenvalue weighted by atomic mass is 28.4. The van der Waals surface area contributed by atoms with Gasteiger partial charge in [0.15, 0.2) is 8.32 Å². The van der Waals surface area contributed by atoms with Crippen LogP contribution in [0.5, 0.6) is 0 Å². The van der Waals surface area contributed by atoms with E-state index in [1.807, 2.05) is 0 Å². The maximum atomic E-state index is 6.58. The first kappa shape index (κ1) is 20.2. The van der Waals surface area contributed by atoms with Crippen molar-refractivity contribution in [2.45, 2.75) is 110 Å². The third-order valence-corrected chi connectivity index (χ3v) is 10.9. The third kappa shape index (κ3) is 6.30. The molecular formula is C18H40OSi. The summed E-state index contributed by atoms with van der Waals surface area (Å²) in [5, 5.41) is 0. The van der Waals surface area contributed by atoms with Gasteiger partial charge < -0.3 is 4.43 Å². The van der Waals surface area contributed by atoms with Crippen molar-refractivity contribution in [3.8, 4) is 0 Å². The summed E-state index contributed by atoms with van der Waals surface area (Å²) in [7, 11) is -1.61. The average Bonchev–Trinajstić information content (AvgIpc) is 2.35. The molecule has 0 saturated heterocycles. The van der Waals surface area contributed by atoms with Crippen LogP contribution in [0.25, 0.3) is 0 Å². The van der Waals surface area contributed by atoms with Crippen molar-refractivity contribution in [1.29, 1.82) is 0 Å². The van der Waals surface area contributed by atoms with Gasteiger partial charge in [-0.25, -0.2) is 0 Å². The second-order valence-electron chi connectivity index (χ2n) is 7.29. The van der Waals surface area contributed by atoms with Crippen LogP contribution in [0.4, 0.5) is 0 Å². The summed E-state index contributed by atoms with van der Waals surface area (Å²) in [4.78, 5) is 0. The molecule has 0 saturated carbocycles. The van der Waals surface area contributed by atoms with Gasteiger partial charge in [-0.05, 0) is 23.0 Å².